The van der Waals surface area contributed by atoms with Gasteiger partial charge in [-0.15, -0.1) is 0 Å². The zero-order chi connectivity index (χ0) is 41.2. The van der Waals surface area contributed by atoms with Gasteiger partial charge in [0.15, 0.2) is 0 Å². The Labute approximate surface area is 364 Å². The molecule has 2 aliphatic rings. The molecule has 1 aromatic heterocycles. The van der Waals surface area contributed by atoms with Crippen LogP contribution in [0.2, 0.25) is 0 Å². The maximum absolute atomic E-state index is 6.34. The number of para-hydroxylation sites is 1. The molecule has 1 spiro atoms. The van der Waals surface area contributed by atoms with Gasteiger partial charge in [0.1, 0.15) is 11.2 Å². The van der Waals surface area contributed by atoms with E-state index in [1.54, 1.807) is 0 Å². The van der Waals surface area contributed by atoms with Crippen LogP contribution >= 0.6 is 0 Å². The first-order valence-electron chi connectivity index (χ1n) is 21.8. The fourth-order valence-corrected chi connectivity index (χ4v) is 11.5. The van der Waals surface area contributed by atoms with Gasteiger partial charge in [0, 0.05) is 27.7 Å². The highest BCUT2D eigenvalue weighted by Crippen LogP contribution is 2.65. The molecule has 63 heavy (non-hydrogen) atoms. The lowest BCUT2D eigenvalue weighted by Gasteiger charge is -2.36. The van der Waals surface area contributed by atoms with E-state index < -0.39 is 5.41 Å². The molecule has 2 nitrogen and oxygen atoms in total. The normalized spacial score (nSPS) is 13.2. The summed E-state index contributed by atoms with van der Waals surface area (Å²) in [4.78, 5) is 2.52. The standard InChI is InChI=1S/C61H37NO/c1-2-16-44-42(14-1)43-15-3-4-17-45(43)53-37-41(33-35-46(44)53)62(40-31-28-38(29-32-40)39-30-34-51-50-21-8-12-27-58(50)63-59(51)36-39)57-26-13-22-52-49-20-7-11-25-56(49)61(60(52)57)54-23-9-5-18-47(54)48-19-6-10-24-55(48)61/h1-37H. The van der Waals surface area contributed by atoms with Crippen molar-refractivity contribution >= 4 is 71.3 Å². The molecule has 292 valence electrons. The van der Waals surface area contributed by atoms with Crippen LogP contribution in [0.5, 0.6) is 0 Å². The Morgan fingerprint density at radius 1 is 0.302 bits per heavy atom. The topological polar surface area (TPSA) is 16.4 Å². The van der Waals surface area contributed by atoms with Gasteiger partial charge in [0.25, 0.3) is 0 Å². The molecule has 14 rings (SSSR count). The van der Waals surface area contributed by atoms with Crippen LogP contribution in [0.25, 0.3) is 87.6 Å². The average Bonchev–Trinajstić information content (AvgIpc) is 3.98. The first kappa shape index (κ1) is 34.5. The second-order valence-corrected chi connectivity index (χ2v) is 17.1. The fourth-order valence-electron chi connectivity index (χ4n) is 11.5. The lowest BCUT2D eigenvalue weighted by atomic mass is 9.70. The van der Waals surface area contributed by atoms with Gasteiger partial charge in [0.05, 0.1) is 11.1 Å². The van der Waals surface area contributed by atoms with Crippen LogP contribution in [0.15, 0.2) is 229 Å². The second-order valence-electron chi connectivity index (χ2n) is 17.1. The van der Waals surface area contributed by atoms with E-state index in [1.165, 1.54) is 76.8 Å². The summed E-state index contributed by atoms with van der Waals surface area (Å²) in [6.45, 7) is 0. The lowest BCUT2D eigenvalue weighted by Crippen LogP contribution is -2.28. The third-order valence-corrected chi connectivity index (χ3v) is 14.1. The summed E-state index contributed by atoms with van der Waals surface area (Å²) in [7, 11) is 0. The van der Waals surface area contributed by atoms with Gasteiger partial charge in [0.2, 0.25) is 0 Å². The van der Waals surface area contributed by atoms with Crippen molar-refractivity contribution in [3.63, 3.8) is 0 Å². The van der Waals surface area contributed by atoms with Gasteiger partial charge in [-0.1, -0.05) is 176 Å². The van der Waals surface area contributed by atoms with Crippen molar-refractivity contribution in [2.24, 2.45) is 0 Å². The summed E-state index contributed by atoms with van der Waals surface area (Å²) in [5.41, 5.74) is 17.4. The molecule has 0 aliphatic heterocycles. The molecule has 1 heterocycles. The predicted octanol–water partition coefficient (Wildman–Crippen LogP) is 16.5. The maximum atomic E-state index is 6.34. The van der Waals surface area contributed by atoms with Gasteiger partial charge in [-0.05, 0) is 131 Å². The number of furan rings is 1. The molecule has 0 amide bonds. The number of rotatable bonds is 4. The molecule has 0 radical (unpaired) electrons. The molecular weight excluding hydrogens is 763 g/mol. The van der Waals surface area contributed by atoms with E-state index in [1.807, 2.05) is 12.1 Å². The number of anilines is 3. The van der Waals surface area contributed by atoms with Crippen LogP contribution in [0.1, 0.15) is 22.3 Å². The van der Waals surface area contributed by atoms with Crippen molar-refractivity contribution in [3.8, 4) is 33.4 Å². The summed E-state index contributed by atoms with van der Waals surface area (Å²) in [5, 5.41) is 9.84. The van der Waals surface area contributed by atoms with E-state index in [-0.39, 0.29) is 0 Å². The van der Waals surface area contributed by atoms with Gasteiger partial charge >= 0.3 is 0 Å². The van der Waals surface area contributed by atoms with Gasteiger partial charge in [-0.3, -0.25) is 0 Å². The number of hydrogen-bond donors (Lipinski definition) is 0. The van der Waals surface area contributed by atoms with Gasteiger partial charge in [-0.2, -0.15) is 0 Å². The predicted molar refractivity (Wildman–Crippen MR) is 263 cm³/mol. The molecule has 0 bridgehead atoms. The molecule has 0 unspecified atom stereocenters. The van der Waals surface area contributed by atoms with Gasteiger partial charge in [-0.25, -0.2) is 0 Å². The Kier molecular flexibility index (Phi) is 7.07. The van der Waals surface area contributed by atoms with Crippen LogP contribution in [0, 0.1) is 0 Å². The first-order valence-corrected chi connectivity index (χ1v) is 21.8. The fraction of sp³-hybridized carbons (Fsp3) is 0.0164. The van der Waals surface area contributed by atoms with Crippen LogP contribution in [0.4, 0.5) is 17.1 Å². The molecule has 0 fully saturated rings. The first-order chi connectivity index (χ1) is 31.3. The van der Waals surface area contributed by atoms with Crippen LogP contribution in [0.3, 0.4) is 0 Å². The number of fused-ring (bicyclic) bond motifs is 19. The Balaban J connectivity index is 1.04. The number of hydrogen-bond acceptors (Lipinski definition) is 2. The minimum atomic E-state index is -0.518. The zero-order valence-electron chi connectivity index (χ0n) is 34.2. The minimum absolute atomic E-state index is 0.518. The lowest BCUT2D eigenvalue weighted by molar-refractivity contribution is 0.669. The van der Waals surface area contributed by atoms with Crippen molar-refractivity contribution < 1.29 is 4.42 Å². The van der Waals surface area contributed by atoms with Crippen LogP contribution in [-0.2, 0) is 5.41 Å². The average molecular weight is 800 g/mol. The molecular formula is C61H37NO. The largest absolute Gasteiger partial charge is 0.456 e. The molecule has 2 heteroatoms. The SMILES string of the molecule is c1ccc2c(c1)-c1ccccc1C21c2ccccc2-c2cccc(N(c3ccc(-c4ccc5c(c4)oc4ccccc45)cc3)c3ccc4c5ccccc5c5ccccc5c4c3)c21. The Morgan fingerprint density at radius 2 is 0.762 bits per heavy atom. The quantitative estimate of drug-likeness (QED) is 0.165. The number of benzene rings is 11. The molecule has 11 aromatic carbocycles. The third kappa shape index (κ3) is 4.67. The van der Waals surface area contributed by atoms with Crippen molar-refractivity contribution in [1.29, 1.82) is 0 Å². The summed E-state index contributed by atoms with van der Waals surface area (Å²) < 4.78 is 6.34. The number of nitrogens with zero attached hydrogens (tertiary/aromatic N) is 1. The second kappa shape index (κ2) is 12.9. The smallest absolute Gasteiger partial charge is 0.136 e. The Morgan fingerprint density at radius 3 is 1.41 bits per heavy atom. The van der Waals surface area contributed by atoms with Crippen molar-refractivity contribution in [2.75, 3.05) is 4.90 Å². The van der Waals surface area contributed by atoms with Gasteiger partial charge < -0.3 is 9.32 Å². The van der Waals surface area contributed by atoms with E-state index >= 15 is 0 Å². The zero-order valence-corrected chi connectivity index (χ0v) is 34.2. The summed E-state index contributed by atoms with van der Waals surface area (Å²) in [6, 6.07) is 83.0. The Hall–Kier alpha value is -8.20. The highest BCUT2D eigenvalue weighted by molar-refractivity contribution is 6.26. The highest BCUT2D eigenvalue weighted by Gasteiger charge is 2.53. The van der Waals surface area contributed by atoms with Crippen molar-refractivity contribution in [1.82, 2.24) is 0 Å². The van der Waals surface area contributed by atoms with Crippen molar-refractivity contribution in [3.05, 3.63) is 247 Å². The molecule has 0 atom stereocenters. The van der Waals surface area contributed by atoms with E-state index in [2.05, 4.69) is 217 Å². The van der Waals surface area contributed by atoms with E-state index in [0.717, 1.165) is 50.1 Å². The molecule has 0 N–H and O–H groups in total. The third-order valence-electron chi connectivity index (χ3n) is 14.1. The molecule has 2 aliphatic carbocycles. The molecule has 0 saturated carbocycles. The van der Waals surface area contributed by atoms with Crippen LogP contribution < -0.4 is 4.90 Å². The van der Waals surface area contributed by atoms with Crippen LogP contribution in [-0.4, -0.2) is 0 Å². The maximum Gasteiger partial charge on any atom is 0.136 e. The minimum Gasteiger partial charge on any atom is -0.456 e. The molecule has 12 aromatic rings. The molecule has 0 saturated heterocycles. The summed E-state index contributed by atoms with van der Waals surface area (Å²) in [5.74, 6) is 0. The highest BCUT2D eigenvalue weighted by atomic mass is 16.3. The van der Waals surface area contributed by atoms with E-state index in [4.69, 9.17) is 4.42 Å². The Bertz CT molecular complexity index is 3770. The summed E-state index contributed by atoms with van der Waals surface area (Å²) in [6.07, 6.45) is 0. The monoisotopic (exact) mass is 799 g/mol. The van der Waals surface area contributed by atoms with Crippen molar-refractivity contribution in [2.45, 2.75) is 5.41 Å². The van der Waals surface area contributed by atoms with E-state index in [9.17, 15) is 0 Å². The summed E-state index contributed by atoms with van der Waals surface area (Å²) >= 11 is 0. The van der Waals surface area contributed by atoms with E-state index in [0.29, 0.717) is 0 Å².